The minimum absolute atomic E-state index is 0.0392. The molecule has 4 rings (SSSR count). The highest BCUT2D eigenvalue weighted by atomic mass is 19.3. The maximum Gasteiger partial charge on any atom is 0.296 e. The lowest BCUT2D eigenvalue weighted by atomic mass is 9.94. The van der Waals surface area contributed by atoms with E-state index in [-0.39, 0.29) is 26.2 Å². The van der Waals surface area contributed by atoms with Crippen LogP contribution in [0.4, 0.5) is 8.78 Å². The summed E-state index contributed by atoms with van der Waals surface area (Å²) >= 11 is 0. The maximum atomic E-state index is 14.6. The minimum Gasteiger partial charge on any atom is -0.390 e. The van der Waals surface area contributed by atoms with Crippen LogP contribution in [0.25, 0.3) is 0 Å². The van der Waals surface area contributed by atoms with Crippen molar-refractivity contribution in [3.63, 3.8) is 0 Å². The van der Waals surface area contributed by atoms with Crippen LogP contribution in [0.2, 0.25) is 0 Å². The Labute approximate surface area is 210 Å². The quantitative estimate of drug-likeness (QED) is 0.374. The molecule has 1 aliphatic heterocycles. The number of aliphatic hydroxyl groups is 1. The van der Waals surface area contributed by atoms with Crippen LogP contribution in [0.3, 0.4) is 0 Å². The summed E-state index contributed by atoms with van der Waals surface area (Å²) in [6, 6.07) is 28.7. The van der Waals surface area contributed by atoms with E-state index in [0.717, 1.165) is 16.7 Å². The average Bonchev–Trinajstić information content (AvgIpc) is 2.92. The number of alkyl halides is 2. The van der Waals surface area contributed by atoms with Crippen LogP contribution < -0.4 is 0 Å². The molecule has 0 spiro atoms. The van der Waals surface area contributed by atoms with Gasteiger partial charge in [-0.1, -0.05) is 91.0 Å². The van der Waals surface area contributed by atoms with Gasteiger partial charge in [0.1, 0.15) is 24.9 Å². The number of ether oxygens (including phenoxy) is 4. The lowest BCUT2D eigenvalue weighted by Gasteiger charge is -2.43. The molecule has 5 nitrogen and oxygen atoms in total. The number of hydrogen-bond acceptors (Lipinski definition) is 5. The molecule has 1 aliphatic rings. The monoisotopic (exact) mass is 498 g/mol. The third-order valence-electron chi connectivity index (χ3n) is 6.19. The van der Waals surface area contributed by atoms with Crippen LogP contribution in [0, 0.1) is 0 Å². The fourth-order valence-corrected chi connectivity index (χ4v) is 4.23. The van der Waals surface area contributed by atoms with Gasteiger partial charge in [0.15, 0.2) is 0 Å². The molecule has 0 radical (unpaired) electrons. The van der Waals surface area contributed by atoms with Crippen molar-refractivity contribution in [3.8, 4) is 0 Å². The molecular weight excluding hydrogens is 466 g/mol. The molecule has 4 atom stereocenters. The van der Waals surface area contributed by atoms with Gasteiger partial charge in [-0.25, -0.2) is 8.78 Å². The second kappa shape index (κ2) is 13.0. The highest BCUT2D eigenvalue weighted by Gasteiger charge is 2.50. The van der Waals surface area contributed by atoms with E-state index in [4.69, 9.17) is 18.9 Å². The van der Waals surface area contributed by atoms with Crippen molar-refractivity contribution in [3.05, 3.63) is 108 Å². The van der Waals surface area contributed by atoms with E-state index in [1.807, 2.05) is 91.0 Å². The van der Waals surface area contributed by atoms with Crippen molar-refractivity contribution in [2.45, 2.75) is 56.6 Å². The van der Waals surface area contributed by atoms with Gasteiger partial charge in [-0.05, 0) is 16.7 Å². The van der Waals surface area contributed by atoms with E-state index in [2.05, 4.69) is 0 Å². The largest absolute Gasteiger partial charge is 0.390 e. The summed E-state index contributed by atoms with van der Waals surface area (Å²) in [6.45, 7) is -0.446. The third-order valence-corrected chi connectivity index (χ3v) is 6.19. The van der Waals surface area contributed by atoms with Crippen molar-refractivity contribution in [2.24, 2.45) is 0 Å². The van der Waals surface area contributed by atoms with E-state index in [0.29, 0.717) is 6.61 Å². The highest BCUT2D eigenvalue weighted by Crippen LogP contribution is 2.35. The molecular formula is C29H32F2O5. The topological polar surface area (TPSA) is 57.2 Å². The van der Waals surface area contributed by atoms with Gasteiger partial charge in [0.25, 0.3) is 5.92 Å². The Morgan fingerprint density at radius 2 is 1.25 bits per heavy atom. The number of aliphatic hydroxyl groups excluding tert-OH is 1. The number of benzene rings is 3. The maximum absolute atomic E-state index is 14.6. The zero-order valence-electron chi connectivity index (χ0n) is 20.0. The lowest BCUT2D eigenvalue weighted by Crippen LogP contribution is -2.57. The first-order valence-corrected chi connectivity index (χ1v) is 12.1. The molecule has 0 aromatic heterocycles. The van der Waals surface area contributed by atoms with Crippen LogP contribution in [0.15, 0.2) is 91.0 Å². The molecule has 0 aliphatic carbocycles. The predicted octanol–water partition coefficient (Wildman–Crippen LogP) is 5.16. The Balaban J connectivity index is 1.52. The first-order chi connectivity index (χ1) is 17.5. The zero-order chi connectivity index (χ0) is 25.2. The fourth-order valence-electron chi connectivity index (χ4n) is 4.23. The fraction of sp³-hybridized carbons (Fsp3) is 0.379. The average molecular weight is 499 g/mol. The molecule has 192 valence electrons. The second-order valence-corrected chi connectivity index (χ2v) is 8.92. The van der Waals surface area contributed by atoms with Crippen molar-refractivity contribution >= 4 is 0 Å². The van der Waals surface area contributed by atoms with Crippen LogP contribution in [0.1, 0.15) is 23.1 Å². The molecule has 0 unspecified atom stereocenters. The summed E-state index contributed by atoms with van der Waals surface area (Å²) < 4.78 is 53.3. The van der Waals surface area contributed by atoms with Crippen LogP contribution in [-0.2, 0) is 38.8 Å². The van der Waals surface area contributed by atoms with Crippen molar-refractivity contribution in [1.29, 1.82) is 0 Å². The number of halogens is 2. The molecule has 0 saturated carbocycles. The van der Waals surface area contributed by atoms with Gasteiger partial charge in [0, 0.05) is 6.42 Å². The van der Waals surface area contributed by atoms with Gasteiger partial charge >= 0.3 is 0 Å². The molecule has 1 saturated heterocycles. The van der Waals surface area contributed by atoms with Crippen molar-refractivity contribution in [2.75, 3.05) is 13.2 Å². The summed E-state index contributed by atoms with van der Waals surface area (Å²) in [5.41, 5.74) is 2.84. The van der Waals surface area contributed by atoms with Crippen molar-refractivity contribution < 1.29 is 32.8 Å². The first-order valence-electron chi connectivity index (χ1n) is 12.1. The standard InChI is InChI=1S/C29H32F2O5/c30-29(31,21-32)27-16-25(34-18-23-12-6-2-7-13-23)28(35-19-24-14-8-3-9-15-24)26(36-27)20-33-17-22-10-4-1-5-11-22/h1-15,25-28,32H,16-21H2/t25-,26-,27+,28-/m1/s1. The molecule has 0 bridgehead atoms. The normalized spacial score (nSPS) is 22.4. The van der Waals surface area contributed by atoms with E-state index < -0.39 is 36.9 Å². The molecule has 7 heteroatoms. The Morgan fingerprint density at radius 1 is 0.750 bits per heavy atom. The third kappa shape index (κ3) is 7.41. The summed E-state index contributed by atoms with van der Waals surface area (Å²) in [7, 11) is 0. The number of hydrogen-bond donors (Lipinski definition) is 1. The summed E-state index contributed by atoms with van der Waals surface area (Å²) in [5.74, 6) is -3.42. The summed E-state index contributed by atoms with van der Waals surface area (Å²) in [6.07, 6.45) is -3.78. The van der Waals surface area contributed by atoms with Gasteiger partial charge in [0.2, 0.25) is 0 Å². The van der Waals surface area contributed by atoms with E-state index in [1.54, 1.807) is 0 Å². The molecule has 1 heterocycles. The van der Waals surface area contributed by atoms with Gasteiger partial charge in [0.05, 0.1) is 32.5 Å². The lowest BCUT2D eigenvalue weighted by molar-refractivity contribution is -0.267. The molecule has 3 aromatic rings. The van der Waals surface area contributed by atoms with E-state index in [9.17, 15) is 13.9 Å². The highest BCUT2D eigenvalue weighted by molar-refractivity contribution is 5.15. The van der Waals surface area contributed by atoms with Gasteiger partial charge in [-0.15, -0.1) is 0 Å². The Bertz CT molecular complexity index is 1020. The van der Waals surface area contributed by atoms with Crippen LogP contribution in [-0.4, -0.2) is 48.7 Å². The Kier molecular flexibility index (Phi) is 9.55. The molecule has 1 N–H and O–H groups in total. The smallest absolute Gasteiger partial charge is 0.296 e. The Hall–Kier alpha value is -2.68. The minimum atomic E-state index is -3.42. The predicted molar refractivity (Wildman–Crippen MR) is 131 cm³/mol. The van der Waals surface area contributed by atoms with Gasteiger partial charge < -0.3 is 24.1 Å². The summed E-state index contributed by atoms with van der Waals surface area (Å²) in [5, 5.41) is 9.34. The van der Waals surface area contributed by atoms with Crippen molar-refractivity contribution in [1.82, 2.24) is 0 Å². The molecule has 36 heavy (non-hydrogen) atoms. The zero-order valence-corrected chi connectivity index (χ0v) is 20.0. The molecule has 1 fully saturated rings. The van der Waals surface area contributed by atoms with Gasteiger partial charge in [-0.3, -0.25) is 0 Å². The SMILES string of the molecule is OCC(F)(F)[C@@H]1C[C@@H](OCc2ccccc2)[C@@H](OCc2ccccc2)[C@@H](COCc2ccccc2)O1. The van der Waals surface area contributed by atoms with E-state index in [1.165, 1.54) is 0 Å². The van der Waals surface area contributed by atoms with Crippen LogP contribution in [0.5, 0.6) is 0 Å². The van der Waals surface area contributed by atoms with Gasteiger partial charge in [-0.2, -0.15) is 0 Å². The summed E-state index contributed by atoms with van der Waals surface area (Å²) in [4.78, 5) is 0. The van der Waals surface area contributed by atoms with E-state index >= 15 is 0 Å². The van der Waals surface area contributed by atoms with Crippen LogP contribution >= 0.6 is 0 Å². The Morgan fingerprint density at radius 3 is 1.78 bits per heavy atom. The second-order valence-electron chi connectivity index (χ2n) is 8.92. The molecule has 0 amide bonds. The molecule has 3 aromatic carbocycles. The first kappa shape index (κ1) is 26.4. The number of rotatable bonds is 12.